The van der Waals surface area contributed by atoms with E-state index in [1.165, 1.54) is 0 Å². The van der Waals surface area contributed by atoms with E-state index < -0.39 is 0 Å². The minimum absolute atomic E-state index is 0.0673. The number of nitrogens with one attached hydrogen (secondary N) is 1. The van der Waals surface area contributed by atoms with Crippen molar-refractivity contribution in [3.05, 3.63) is 48.0 Å². The molecule has 0 unspecified atom stereocenters. The summed E-state index contributed by atoms with van der Waals surface area (Å²) in [5.41, 5.74) is 8.30. The summed E-state index contributed by atoms with van der Waals surface area (Å²) >= 11 is 0. The minimum atomic E-state index is -0.0673. The van der Waals surface area contributed by atoms with Gasteiger partial charge in [0.2, 0.25) is 5.91 Å². The Bertz CT molecular complexity index is 562. The Morgan fingerprint density at radius 1 is 1.47 bits per heavy atom. The zero-order valence-corrected chi connectivity index (χ0v) is 11.0. The molecule has 1 aromatic heterocycles. The third-order valence-corrected chi connectivity index (χ3v) is 2.72. The average Bonchev–Trinajstić information content (AvgIpc) is 2.77. The van der Waals surface area contributed by atoms with Crippen molar-refractivity contribution in [1.29, 1.82) is 0 Å². The van der Waals surface area contributed by atoms with Gasteiger partial charge in [-0.1, -0.05) is 12.1 Å². The fourth-order valence-corrected chi connectivity index (χ4v) is 1.86. The van der Waals surface area contributed by atoms with Crippen LogP contribution in [0.3, 0.4) is 0 Å². The van der Waals surface area contributed by atoms with Crippen molar-refractivity contribution in [1.82, 2.24) is 9.55 Å². The summed E-state index contributed by atoms with van der Waals surface area (Å²) < 4.78 is 1.76. The van der Waals surface area contributed by atoms with Crippen LogP contribution in [0, 0.1) is 6.92 Å². The standard InChI is InChI=1S/C14H18N4O/c1-11-3-2-4-12(7-11)17-14(19)9-18-8-13(5-6-15)16-10-18/h2-4,7-8,10H,5-6,9,15H2,1H3,(H,17,19). The van der Waals surface area contributed by atoms with Crippen LogP contribution in [0.5, 0.6) is 0 Å². The molecule has 0 aliphatic carbocycles. The van der Waals surface area contributed by atoms with Gasteiger partial charge in [0.15, 0.2) is 0 Å². The molecule has 5 heteroatoms. The van der Waals surface area contributed by atoms with Gasteiger partial charge in [-0.05, 0) is 31.2 Å². The van der Waals surface area contributed by atoms with Crippen molar-refractivity contribution < 1.29 is 4.79 Å². The summed E-state index contributed by atoms with van der Waals surface area (Å²) in [5.74, 6) is -0.0673. The van der Waals surface area contributed by atoms with Gasteiger partial charge >= 0.3 is 0 Å². The van der Waals surface area contributed by atoms with Gasteiger partial charge in [-0.25, -0.2) is 4.98 Å². The molecular weight excluding hydrogens is 240 g/mol. The number of aromatic nitrogens is 2. The third kappa shape index (κ3) is 3.93. The molecule has 5 nitrogen and oxygen atoms in total. The zero-order chi connectivity index (χ0) is 13.7. The number of benzene rings is 1. The fraction of sp³-hybridized carbons (Fsp3) is 0.286. The van der Waals surface area contributed by atoms with Gasteiger partial charge < -0.3 is 15.6 Å². The summed E-state index contributed by atoms with van der Waals surface area (Å²) in [6.45, 7) is 2.81. The second-order valence-electron chi connectivity index (χ2n) is 4.49. The van der Waals surface area contributed by atoms with E-state index in [0.717, 1.165) is 23.4 Å². The maximum atomic E-state index is 11.9. The number of anilines is 1. The molecule has 0 atom stereocenters. The van der Waals surface area contributed by atoms with E-state index in [2.05, 4.69) is 10.3 Å². The van der Waals surface area contributed by atoms with Crippen molar-refractivity contribution in [2.45, 2.75) is 19.9 Å². The van der Waals surface area contributed by atoms with Gasteiger partial charge in [-0.2, -0.15) is 0 Å². The number of carbonyl (C=O) groups is 1. The van der Waals surface area contributed by atoms with E-state index in [-0.39, 0.29) is 12.5 Å². The van der Waals surface area contributed by atoms with Crippen molar-refractivity contribution in [2.75, 3.05) is 11.9 Å². The molecule has 3 N–H and O–H groups in total. The van der Waals surface area contributed by atoms with Crippen molar-refractivity contribution in [2.24, 2.45) is 5.73 Å². The van der Waals surface area contributed by atoms with Gasteiger partial charge in [0.05, 0.1) is 12.0 Å². The highest BCUT2D eigenvalue weighted by Crippen LogP contribution is 2.09. The molecule has 0 aliphatic rings. The maximum Gasteiger partial charge on any atom is 0.244 e. The molecule has 2 aromatic rings. The van der Waals surface area contributed by atoms with E-state index in [4.69, 9.17) is 5.73 Å². The highest BCUT2D eigenvalue weighted by molar-refractivity contribution is 5.90. The lowest BCUT2D eigenvalue weighted by Crippen LogP contribution is -2.17. The van der Waals surface area contributed by atoms with Crippen LogP contribution in [0.1, 0.15) is 11.3 Å². The topological polar surface area (TPSA) is 72.9 Å². The first-order valence-corrected chi connectivity index (χ1v) is 6.24. The largest absolute Gasteiger partial charge is 0.330 e. The summed E-state index contributed by atoms with van der Waals surface area (Å²) in [6, 6.07) is 7.72. The van der Waals surface area contributed by atoms with Gasteiger partial charge in [0, 0.05) is 18.3 Å². The summed E-state index contributed by atoms with van der Waals surface area (Å²) in [6.07, 6.45) is 4.23. The average molecular weight is 258 g/mol. The molecule has 0 aliphatic heterocycles. The quantitative estimate of drug-likeness (QED) is 0.849. The SMILES string of the molecule is Cc1cccc(NC(=O)Cn2cnc(CCN)c2)c1. The predicted molar refractivity (Wildman–Crippen MR) is 74.8 cm³/mol. The molecule has 0 spiro atoms. The maximum absolute atomic E-state index is 11.9. The van der Waals surface area contributed by atoms with Crippen LogP contribution in [-0.4, -0.2) is 22.0 Å². The second-order valence-corrected chi connectivity index (χ2v) is 4.49. The molecule has 1 amide bonds. The number of imidazole rings is 1. The van der Waals surface area contributed by atoms with Crippen LogP contribution in [0.25, 0.3) is 0 Å². The minimum Gasteiger partial charge on any atom is -0.330 e. The Balaban J connectivity index is 1.93. The molecule has 100 valence electrons. The Hall–Kier alpha value is -2.14. The van der Waals surface area contributed by atoms with Crippen molar-refractivity contribution >= 4 is 11.6 Å². The van der Waals surface area contributed by atoms with E-state index in [1.54, 1.807) is 10.9 Å². The van der Waals surface area contributed by atoms with E-state index in [0.29, 0.717) is 6.54 Å². The van der Waals surface area contributed by atoms with Gasteiger partial charge in [-0.3, -0.25) is 4.79 Å². The Morgan fingerprint density at radius 3 is 3.05 bits per heavy atom. The van der Waals surface area contributed by atoms with Crippen LogP contribution in [0.2, 0.25) is 0 Å². The molecule has 0 bridgehead atoms. The van der Waals surface area contributed by atoms with Crippen LogP contribution >= 0.6 is 0 Å². The fourth-order valence-electron chi connectivity index (χ4n) is 1.86. The Morgan fingerprint density at radius 2 is 2.32 bits per heavy atom. The first-order chi connectivity index (χ1) is 9.17. The number of hydrogen-bond acceptors (Lipinski definition) is 3. The van der Waals surface area contributed by atoms with Crippen LogP contribution in [-0.2, 0) is 17.8 Å². The molecular formula is C14H18N4O. The van der Waals surface area contributed by atoms with Crippen LogP contribution in [0.4, 0.5) is 5.69 Å². The lowest BCUT2D eigenvalue weighted by atomic mass is 10.2. The highest BCUT2D eigenvalue weighted by Gasteiger charge is 2.05. The number of amides is 1. The Labute approximate surface area is 112 Å². The zero-order valence-electron chi connectivity index (χ0n) is 11.0. The number of rotatable bonds is 5. The number of hydrogen-bond donors (Lipinski definition) is 2. The molecule has 0 saturated heterocycles. The molecule has 2 rings (SSSR count). The first kappa shape index (κ1) is 13.3. The number of carbonyl (C=O) groups excluding carboxylic acids is 1. The van der Waals surface area contributed by atoms with Crippen molar-refractivity contribution in [3.63, 3.8) is 0 Å². The summed E-state index contributed by atoms with van der Waals surface area (Å²) in [5, 5.41) is 2.86. The Kier molecular flexibility index (Phi) is 4.30. The molecule has 19 heavy (non-hydrogen) atoms. The summed E-state index contributed by atoms with van der Waals surface area (Å²) in [4.78, 5) is 16.1. The van der Waals surface area contributed by atoms with E-state index in [1.807, 2.05) is 37.4 Å². The third-order valence-electron chi connectivity index (χ3n) is 2.72. The van der Waals surface area contributed by atoms with Crippen LogP contribution < -0.4 is 11.1 Å². The lowest BCUT2D eigenvalue weighted by molar-refractivity contribution is -0.116. The van der Waals surface area contributed by atoms with Gasteiger partial charge in [0.1, 0.15) is 6.54 Å². The number of nitrogens with two attached hydrogens (primary N) is 1. The van der Waals surface area contributed by atoms with Gasteiger partial charge in [-0.15, -0.1) is 0 Å². The van der Waals surface area contributed by atoms with E-state index >= 15 is 0 Å². The molecule has 0 saturated carbocycles. The van der Waals surface area contributed by atoms with Gasteiger partial charge in [0.25, 0.3) is 0 Å². The molecule has 1 aromatic carbocycles. The molecule has 0 radical (unpaired) electrons. The monoisotopic (exact) mass is 258 g/mol. The second kappa shape index (κ2) is 6.15. The number of nitrogens with zero attached hydrogens (tertiary/aromatic N) is 2. The van der Waals surface area contributed by atoms with E-state index in [9.17, 15) is 4.79 Å². The summed E-state index contributed by atoms with van der Waals surface area (Å²) in [7, 11) is 0. The van der Waals surface area contributed by atoms with Crippen molar-refractivity contribution in [3.8, 4) is 0 Å². The predicted octanol–water partition coefficient (Wildman–Crippen LogP) is 1.33. The molecule has 0 fully saturated rings. The smallest absolute Gasteiger partial charge is 0.244 e. The normalized spacial score (nSPS) is 10.4. The lowest BCUT2D eigenvalue weighted by Gasteiger charge is -2.06. The highest BCUT2D eigenvalue weighted by atomic mass is 16.1. The van der Waals surface area contributed by atoms with Crippen LogP contribution in [0.15, 0.2) is 36.8 Å². The first-order valence-electron chi connectivity index (χ1n) is 6.24. The number of aryl methyl sites for hydroxylation is 1. The molecule has 1 heterocycles.